The quantitative estimate of drug-likeness (QED) is 0.858. The third kappa shape index (κ3) is 2.67. The second-order valence-electron chi connectivity index (χ2n) is 5.00. The molecule has 0 aliphatic heterocycles. The number of furan rings is 1. The molecule has 0 fully saturated rings. The molecule has 1 aromatic heterocycles. The Morgan fingerprint density at radius 1 is 1.37 bits per heavy atom. The van der Waals surface area contributed by atoms with Crippen molar-refractivity contribution < 1.29 is 9.15 Å². The number of methoxy groups -OCH3 is 1. The van der Waals surface area contributed by atoms with Gasteiger partial charge in [-0.15, -0.1) is 0 Å². The summed E-state index contributed by atoms with van der Waals surface area (Å²) in [7, 11) is 3.65. The van der Waals surface area contributed by atoms with Crippen molar-refractivity contribution in [3.63, 3.8) is 0 Å². The van der Waals surface area contributed by atoms with Gasteiger partial charge >= 0.3 is 0 Å². The van der Waals surface area contributed by atoms with Crippen LogP contribution in [0.15, 0.2) is 22.6 Å². The SMILES string of the molecule is CCC(C)c1cccc2c(COC)c(CNC)oc12. The van der Waals surface area contributed by atoms with Crippen LogP contribution in [0.2, 0.25) is 0 Å². The summed E-state index contributed by atoms with van der Waals surface area (Å²) in [5.41, 5.74) is 3.48. The van der Waals surface area contributed by atoms with Gasteiger partial charge < -0.3 is 14.5 Å². The maximum absolute atomic E-state index is 6.10. The van der Waals surface area contributed by atoms with Crippen LogP contribution in [0.3, 0.4) is 0 Å². The van der Waals surface area contributed by atoms with Crippen molar-refractivity contribution in [2.75, 3.05) is 14.2 Å². The number of nitrogens with one attached hydrogen (secondary N) is 1. The monoisotopic (exact) mass is 261 g/mol. The fourth-order valence-corrected chi connectivity index (χ4v) is 2.46. The van der Waals surface area contributed by atoms with E-state index in [0.29, 0.717) is 12.5 Å². The highest BCUT2D eigenvalue weighted by molar-refractivity contribution is 5.85. The van der Waals surface area contributed by atoms with Crippen molar-refractivity contribution in [3.8, 4) is 0 Å². The first kappa shape index (κ1) is 14.1. The first-order valence-electron chi connectivity index (χ1n) is 6.89. The normalized spacial score (nSPS) is 13.1. The molecule has 1 atom stereocenters. The van der Waals surface area contributed by atoms with Gasteiger partial charge in [0.15, 0.2) is 0 Å². The molecule has 2 aromatic rings. The predicted molar refractivity (Wildman–Crippen MR) is 78.4 cm³/mol. The predicted octanol–water partition coefficient (Wildman–Crippen LogP) is 3.81. The lowest BCUT2D eigenvalue weighted by atomic mass is 9.96. The first-order valence-corrected chi connectivity index (χ1v) is 6.89. The fourth-order valence-electron chi connectivity index (χ4n) is 2.46. The maximum atomic E-state index is 6.10. The van der Waals surface area contributed by atoms with Crippen LogP contribution in [-0.4, -0.2) is 14.2 Å². The second kappa shape index (κ2) is 6.22. The van der Waals surface area contributed by atoms with E-state index in [0.717, 1.165) is 29.9 Å². The molecule has 0 aliphatic carbocycles. The average molecular weight is 261 g/mol. The van der Waals surface area contributed by atoms with Crippen LogP contribution in [-0.2, 0) is 17.9 Å². The van der Waals surface area contributed by atoms with Crippen molar-refractivity contribution in [2.45, 2.75) is 39.3 Å². The fraction of sp³-hybridized carbons (Fsp3) is 0.500. The minimum atomic E-state index is 0.507. The summed E-state index contributed by atoms with van der Waals surface area (Å²) in [5.74, 6) is 1.49. The van der Waals surface area contributed by atoms with E-state index in [-0.39, 0.29) is 0 Å². The minimum absolute atomic E-state index is 0.507. The van der Waals surface area contributed by atoms with E-state index in [1.807, 2.05) is 7.05 Å². The molecule has 1 N–H and O–H groups in total. The standard InChI is InChI=1S/C16H23NO2/c1-5-11(2)12-7-6-8-13-14(10-18-4)15(9-17-3)19-16(12)13/h6-8,11,17H,5,9-10H2,1-4H3. The van der Waals surface area contributed by atoms with Gasteiger partial charge in [0.2, 0.25) is 0 Å². The van der Waals surface area contributed by atoms with E-state index in [1.54, 1.807) is 7.11 Å². The highest BCUT2D eigenvalue weighted by Crippen LogP contribution is 2.33. The molecular weight excluding hydrogens is 238 g/mol. The van der Waals surface area contributed by atoms with Gasteiger partial charge in [0, 0.05) is 18.1 Å². The molecule has 2 rings (SSSR count). The van der Waals surface area contributed by atoms with Crippen molar-refractivity contribution >= 4 is 11.0 Å². The maximum Gasteiger partial charge on any atom is 0.138 e. The molecule has 19 heavy (non-hydrogen) atoms. The number of fused-ring (bicyclic) bond motifs is 1. The van der Waals surface area contributed by atoms with E-state index < -0.39 is 0 Å². The van der Waals surface area contributed by atoms with Gasteiger partial charge in [-0.25, -0.2) is 0 Å². The molecule has 1 unspecified atom stereocenters. The smallest absolute Gasteiger partial charge is 0.138 e. The van der Waals surface area contributed by atoms with E-state index in [1.165, 1.54) is 10.9 Å². The third-order valence-electron chi connectivity index (χ3n) is 3.70. The van der Waals surface area contributed by atoms with Crippen LogP contribution in [0.1, 0.15) is 43.1 Å². The van der Waals surface area contributed by atoms with Gasteiger partial charge in [-0.2, -0.15) is 0 Å². The summed E-state index contributed by atoms with van der Waals surface area (Å²) in [5, 5.41) is 4.34. The molecular formula is C16H23NO2. The molecule has 3 heteroatoms. The summed E-state index contributed by atoms with van der Waals surface area (Å²) < 4.78 is 11.4. The Balaban J connectivity index is 2.60. The van der Waals surface area contributed by atoms with Crippen molar-refractivity contribution in [2.24, 2.45) is 0 Å². The Labute approximate surface area is 114 Å². The summed E-state index contributed by atoms with van der Waals surface area (Å²) >= 11 is 0. The Morgan fingerprint density at radius 2 is 2.16 bits per heavy atom. The molecule has 0 bridgehead atoms. The molecule has 0 spiro atoms. The van der Waals surface area contributed by atoms with Crippen LogP contribution >= 0.6 is 0 Å². The van der Waals surface area contributed by atoms with Crippen molar-refractivity contribution in [1.82, 2.24) is 5.32 Å². The van der Waals surface area contributed by atoms with Gasteiger partial charge in [-0.05, 0) is 24.9 Å². The summed E-state index contributed by atoms with van der Waals surface area (Å²) in [6, 6.07) is 6.40. The molecule has 0 aliphatic rings. The lowest BCUT2D eigenvalue weighted by molar-refractivity contribution is 0.183. The van der Waals surface area contributed by atoms with Gasteiger partial charge in [-0.3, -0.25) is 0 Å². The van der Waals surface area contributed by atoms with Gasteiger partial charge in [-0.1, -0.05) is 32.0 Å². The van der Waals surface area contributed by atoms with Crippen molar-refractivity contribution in [1.29, 1.82) is 0 Å². The van der Waals surface area contributed by atoms with E-state index in [4.69, 9.17) is 9.15 Å². The summed E-state index contributed by atoms with van der Waals surface area (Å²) in [6.45, 7) is 5.77. The number of hydrogen-bond donors (Lipinski definition) is 1. The number of hydrogen-bond acceptors (Lipinski definition) is 3. The number of benzene rings is 1. The van der Waals surface area contributed by atoms with Crippen LogP contribution in [0.4, 0.5) is 0 Å². The Bertz CT molecular complexity index is 545. The molecule has 0 saturated heterocycles. The first-order chi connectivity index (χ1) is 9.22. The van der Waals surface area contributed by atoms with Crippen LogP contribution in [0, 0.1) is 0 Å². The molecule has 1 heterocycles. The molecule has 0 amide bonds. The molecule has 0 saturated carbocycles. The highest BCUT2D eigenvalue weighted by atomic mass is 16.5. The van der Waals surface area contributed by atoms with E-state index >= 15 is 0 Å². The average Bonchev–Trinajstić information content (AvgIpc) is 2.77. The lowest BCUT2D eigenvalue weighted by Crippen LogP contribution is -2.06. The van der Waals surface area contributed by atoms with Gasteiger partial charge in [0.1, 0.15) is 11.3 Å². The Morgan fingerprint density at radius 3 is 2.79 bits per heavy atom. The highest BCUT2D eigenvalue weighted by Gasteiger charge is 2.17. The van der Waals surface area contributed by atoms with Crippen LogP contribution < -0.4 is 5.32 Å². The number of rotatable bonds is 6. The Kier molecular flexibility index (Phi) is 4.61. The zero-order valence-electron chi connectivity index (χ0n) is 12.2. The third-order valence-corrected chi connectivity index (χ3v) is 3.70. The van der Waals surface area contributed by atoms with Gasteiger partial charge in [0.05, 0.1) is 13.2 Å². The number of ether oxygens (including phenoxy) is 1. The minimum Gasteiger partial charge on any atom is -0.459 e. The summed E-state index contributed by atoms with van der Waals surface area (Å²) in [6.07, 6.45) is 1.11. The van der Waals surface area contributed by atoms with Crippen molar-refractivity contribution in [3.05, 3.63) is 35.1 Å². The van der Waals surface area contributed by atoms with E-state index in [2.05, 4.69) is 37.4 Å². The van der Waals surface area contributed by atoms with Crippen LogP contribution in [0.25, 0.3) is 11.0 Å². The summed E-state index contributed by atoms with van der Waals surface area (Å²) in [4.78, 5) is 0. The zero-order valence-corrected chi connectivity index (χ0v) is 12.2. The molecule has 3 nitrogen and oxygen atoms in total. The largest absolute Gasteiger partial charge is 0.459 e. The van der Waals surface area contributed by atoms with Crippen LogP contribution in [0.5, 0.6) is 0 Å². The zero-order chi connectivity index (χ0) is 13.8. The van der Waals surface area contributed by atoms with E-state index in [9.17, 15) is 0 Å². The Hall–Kier alpha value is -1.32. The lowest BCUT2D eigenvalue weighted by Gasteiger charge is -2.09. The molecule has 1 aromatic carbocycles. The second-order valence-corrected chi connectivity index (χ2v) is 5.00. The topological polar surface area (TPSA) is 34.4 Å². The van der Waals surface area contributed by atoms with Gasteiger partial charge in [0.25, 0.3) is 0 Å². The number of para-hydroxylation sites is 1. The molecule has 0 radical (unpaired) electrons. The molecule has 104 valence electrons.